The molecule has 0 aromatic rings. The summed E-state index contributed by atoms with van der Waals surface area (Å²) < 4.78 is 17.2. The molecule has 0 aromatic carbocycles. The second-order valence-corrected chi connectivity index (χ2v) is 6.65. The quantitative estimate of drug-likeness (QED) is 0.574. The molecule has 1 aliphatic carbocycles. The van der Waals surface area contributed by atoms with Crippen molar-refractivity contribution in [2.45, 2.75) is 57.8 Å². The van der Waals surface area contributed by atoms with Gasteiger partial charge in [-0.3, -0.25) is 4.79 Å². The normalized spacial score (nSPS) is 33.4. The maximum atomic E-state index is 12.1. The fourth-order valence-corrected chi connectivity index (χ4v) is 3.29. The highest BCUT2D eigenvalue weighted by Gasteiger charge is 2.63. The van der Waals surface area contributed by atoms with Gasteiger partial charge in [-0.15, -0.1) is 0 Å². The number of allylic oxidation sites excluding steroid dienone is 1. The molecule has 0 radical (unpaired) electrons. The third-order valence-electron chi connectivity index (χ3n) is 4.45. The molecular formula is C16H26O4. The molecule has 0 aromatic heterocycles. The molecule has 0 amide bonds. The molecule has 20 heavy (non-hydrogen) atoms. The summed E-state index contributed by atoms with van der Waals surface area (Å²) in [6, 6.07) is 0. The third kappa shape index (κ3) is 2.97. The molecule has 1 aliphatic heterocycles. The van der Waals surface area contributed by atoms with Crippen molar-refractivity contribution in [2.24, 2.45) is 5.92 Å². The molecule has 114 valence electrons. The average Bonchev–Trinajstić information content (AvgIpc) is 3.11. The first-order valence-electron chi connectivity index (χ1n) is 7.29. The van der Waals surface area contributed by atoms with E-state index in [2.05, 4.69) is 6.08 Å². The maximum Gasteiger partial charge on any atom is 0.162 e. The van der Waals surface area contributed by atoms with Gasteiger partial charge in [0.1, 0.15) is 11.7 Å². The molecular weight excluding hydrogens is 256 g/mol. The molecule has 2 rings (SSSR count). The summed E-state index contributed by atoms with van der Waals surface area (Å²) in [5.41, 5.74) is 0.545. The Morgan fingerprint density at radius 2 is 2.15 bits per heavy atom. The summed E-state index contributed by atoms with van der Waals surface area (Å²) in [4.78, 5) is 12.1. The molecule has 0 N–H and O–H groups in total. The van der Waals surface area contributed by atoms with Crippen LogP contribution >= 0.6 is 0 Å². The number of Topliss-reactive ketones (excluding diaryl/α,β-unsaturated/α-hetero) is 1. The lowest BCUT2D eigenvalue weighted by Crippen LogP contribution is -2.56. The lowest BCUT2D eigenvalue weighted by atomic mass is 9.69. The van der Waals surface area contributed by atoms with Gasteiger partial charge in [0, 0.05) is 13.5 Å². The second kappa shape index (κ2) is 5.58. The van der Waals surface area contributed by atoms with Gasteiger partial charge in [0.15, 0.2) is 5.78 Å². The lowest BCUT2D eigenvalue weighted by molar-refractivity contribution is -0.161. The zero-order valence-electron chi connectivity index (χ0n) is 13.2. The third-order valence-corrected chi connectivity index (χ3v) is 4.45. The number of carbonyl (C=O) groups excluding carboxylic acids is 1. The van der Waals surface area contributed by atoms with Crippen molar-refractivity contribution < 1.29 is 19.0 Å². The first-order valence-corrected chi connectivity index (χ1v) is 7.29. The Morgan fingerprint density at radius 3 is 2.65 bits per heavy atom. The summed E-state index contributed by atoms with van der Waals surface area (Å²) in [7, 11) is 1.60. The first-order chi connectivity index (χ1) is 9.32. The first kappa shape index (κ1) is 15.7. The molecule has 0 unspecified atom stereocenters. The fourth-order valence-electron chi connectivity index (χ4n) is 3.29. The number of hydrogen-bond acceptors (Lipinski definition) is 4. The van der Waals surface area contributed by atoms with E-state index in [1.807, 2.05) is 27.7 Å². The minimum Gasteiger partial charge on any atom is -0.373 e. The molecule has 4 nitrogen and oxygen atoms in total. The van der Waals surface area contributed by atoms with Crippen LogP contribution in [0.1, 0.15) is 40.5 Å². The van der Waals surface area contributed by atoms with Crippen LogP contribution in [-0.4, -0.2) is 43.4 Å². The van der Waals surface area contributed by atoms with E-state index in [9.17, 15) is 4.79 Å². The predicted octanol–water partition coefficient (Wildman–Crippen LogP) is 2.51. The topological polar surface area (TPSA) is 48.1 Å². The van der Waals surface area contributed by atoms with Crippen LogP contribution in [0, 0.1) is 5.92 Å². The van der Waals surface area contributed by atoms with Gasteiger partial charge in [0.2, 0.25) is 0 Å². The smallest absolute Gasteiger partial charge is 0.162 e. The summed E-state index contributed by atoms with van der Waals surface area (Å²) in [5, 5.41) is 0. The van der Waals surface area contributed by atoms with Gasteiger partial charge in [-0.25, -0.2) is 0 Å². The molecule has 4 heteroatoms. The Morgan fingerprint density at radius 1 is 1.50 bits per heavy atom. The molecule has 1 spiro atoms. The molecule has 1 heterocycles. The Hall–Kier alpha value is -0.710. The maximum absolute atomic E-state index is 12.1. The zero-order valence-corrected chi connectivity index (χ0v) is 13.2. The lowest BCUT2D eigenvalue weighted by Gasteiger charge is -2.44. The van der Waals surface area contributed by atoms with Crippen molar-refractivity contribution >= 4 is 5.78 Å². The minimum absolute atomic E-state index is 0.0492. The van der Waals surface area contributed by atoms with Crippen LogP contribution in [0.2, 0.25) is 0 Å². The average molecular weight is 282 g/mol. The Bertz CT molecular complexity index is 403. The molecule has 2 aliphatic rings. The highest BCUT2D eigenvalue weighted by molar-refractivity contribution is 5.85. The summed E-state index contributed by atoms with van der Waals surface area (Å²) in [6.07, 6.45) is 2.95. The number of hydrogen-bond donors (Lipinski definition) is 0. The number of ether oxygens (including phenoxy) is 3. The predicted molar refractivity (Wildman–Crippen MR) is 76.7 cm³/mol. The van der Waals surface area contributed by atoms with Crippen LogP contribution in [-0.2, 0) is 19.0 Å². The highest BCUT2D eigenvalue weighted by Crippen LogP contribution is 2.51. The van der Waals surface area contributed by atoms with Crippen LogP contribution < -0.4 is 0 Å². The van der Waals surface area contributed by atoms with E-state index in [1.165, 1.54) is 5.57 Å². The summed E-state index contributed by atoms with van der Waals surface area (Å²) in [6.45, 7) is 9.41. The largest absolute Gasteiger partial charge is 0.373 e. The molecule has 1 saturated carbocycles. The number of epoxide rings is 1. The van der Waals surface area contributed by atoms with E-state index in [0.717, 1.165) is 6.42 Å². The van der Waals surface area contributed by atoms with E-state index >= 15 is 0 Å². The summed E-state index contributed by atoms with van der Waals surface area (Å²) >= 11 is 0. The van der Waals surface area contributed by atoms with Gasteiger partial charge in [-0.2, -0.15) is 0 Å². The monoisotopic (exact) mass is 282 g/mol. The van der Waals surface area contributed by atoms with Gasteiger partial charge >= 0.3 is 0 Å². The Balaban J connectivity index is 2.16. The number of methoxy groups -OCH3 is 1. The van der Waals surface area contributed by atoms with Gasteiger partial charge in [0.25, 0.3) is 0 Å². The van der Waals surface area contributed by atoms with E-state index in [4.69, 9.17) is 14.2 Å². The van der Waals surface area contributed by atoms with Gasteiger partial charge in [0.05, 0.1) is 24.7 Å². The zero-order chi connectivity index (χ0) is 15.0. The van der Waals surface area contributed by atoms with E-state index in [-0.39, 0.29) is 17.3 Å². The van der Waals surface area contributed by atoms with Crippen LogP contribution in [0.4, 0.5) is 0 Å². The van der Waals surface area contributed by atoms with Gasteiger partial charge in [-0.05, 0) is 34.1 Å². The SMILES string of the molecule is CO[C@@H]1C(=O)CC[C@]2(CO2)[C@H]1C(C)(C)OCC=C(C)C. The number of ketones is 1. The highest BCUT2D eigenvalue weighted by atomic mass is 16.6. The van der Waals surface area contributed by atoms with Gasteiger partial charge < -0.3 is 14.2 Å². The Kier molecular flexibility index (Phi) is 4.38. The van der Waals surface area contributed by atoms with Crippen molar-refractivity contribution in [3.05, 3.63) is 11.6 Å². The van der Waals surface area contributed by atoms with Crippen LogP contribution in [0.25, 0.3) is 0 Å². The van der Waals surface area contributed by atoms with E-state index in [0.29, 0.717) is 19.6 Å². The molecule has 0 bridgehead atoms. The molecule has 3 atom stereocenters. The Labute approximate surface area is 121 Å². The van der Waals surface area contributed by atoms with Gasteiger partial charge in [-0.1, -0.05) is 11.6 Å². The van der Waals surface area contributed by atoms with Crippen molar-refractivity contribution in [3.63, 3.8) is 0 Å². The van der Waals surface area contributed by atoms with E-state index in [1.54, 1.807) is 7.11 Å². The van der Waals surface area contributed by atoms with Crippen LogP contribution in [0.5, 0.6) is 0 Å². The van der Waals surface area contributed by atoms with Crippen LogP contribution in [0.15, 0.2) is 11.6 Å². The number of rotatable bonds is 5. The van der Waals surface area contributed by atoms with Crippen LogP contribution in [0.3, 0.4) is 0 Å². The minimum atomic E-state index is -0.459. The standard InChI is InChI=1S/C16H26O4/c1-11(2)7-9-19-15(3,4)14-13(18-5)12(17)6-8-16(14)10-20-16/h7,13-14H,6,8-10H2,1-5H3/t13-,14-,16+/m1/s1. The molecule has 2 fully saturated rings. The van der Waals surface area contributed by atoms with Crippen molar-refractivity contribution in [1.29, 1.82) is 0 Å². The van der Waals surface area contributed by atoms with Crippen molar-refractivity contribution in [3.8, 4) is 0 Å². The molecule has 1 saturated heterocycles. The van der Waals surface area contributed by atoms with Crippen molar-refractivity contribution in [2.75, 3.05) is 20.3 Å². The fraction of sp³-hybridized carbons (Fsp3) is 0.812. The second-order valence-electron chi connectivity index (χ2n) is 6.65. The van der Waals surface area contributed by atoms with E-state index < -0.39 is 11.7 Å². The number of carbonyl (C=O) groups is 1. The van der Waals surface area contributed by atoms with Crippen molar-refractivity contribution in [1.82, 2.24) is 0 Å². The summed E-state index contributed by atoms with van der Waals surface area (Å²) in [5.74, 6) is 0.115.